The Balaban J connectivity index is 1.99. The van der Waals surface area contributed by atoms with Crippen molar-refractivity contribution < 1.29 is 0 Å². The molecule has 4 aromatic rings. The monoisotopic (exact) mass is 472 g/mol. The number of rotatable bonds is 6. The van der Waals surface area contributed by atoms with Gasteiger partial charge in [-0.1, -0.05) is 0 Å². The van der Waals surface area contributed by atoms with Crippen molar-refractivity contribution >= 4 is 42.3 Å². The molecule has 4 rings (SSSR count). The van der Waals surface area contributed by atoms with E-state index in [0.29, 0.717) is 0 Å². The number of halogens is 1. The summed E-state index contributed by atoms with van der Waals surface area (Å²) in [4.78, 5) is 0. The number of hydrogen-bond acceptors (Lipinski definition) is 0. The van der Waals surface area contributed by atoms with Crippen LogP contribution in [0, 0.1) is 0 Å². The molecule has 0 fully saturated rings. The Kier molecular flexibility index (Phi) is 6.04. The second kappa shape index (κ2) is 8.72. The first-order valence-corrected chi connectivity index (χ1v) is 14.7. The van der Waals surface area contributed by atoms with Crippen LogP contribution in [-0.4, -0.2) is 6.16 Å². The molecule has 150 valence electrons. The molecule has 0 atom stereocenters. The summed E-state index contributed by atoms with van der Waals surface area (Å²) in [6.45, 7) is 2.21. The van der Waals surface area contributed by atoms with Crippen molar-refractivity contribution in [3.63, 3.8) is 0 Å². The van der Waals surface area contributed by atoms with Crippen molar-refractivity contribution in [2.75, 3.05) is 6.16 Å². The van der Waals surface area contributed by atoms with Crippen molar-refractivity contribution in [1.29, 1.82) is 0 Å². The molecule has 4 aromatic carbocycles. The van der Waals surface area contributed by atoms with Crippen LogP contribution in [0.15, 0.2) is 127 Å². The average molecular weight is 473 g/mol. The van der Waals surface area contributed by atoms with Crippen LogP contribution in [0.2, 0.25) is 0 Å². The van der Waals surface area contributed by atoms with E-state index in [2.05, 4.69) is 150 Å². The molecular formula is C28H26BrP. The summed E-state index contributed by atoms with van der Waals surface area (Å²) in [6.07, 6.45) is 3.32. The molecule has 0 nitrogen and oxygen atoms in total. The van der Waals surface area contributed by atoms with Gasteiger partial charge in [-0.25, -0.2) is 0 Å². The van der Waals surface area contributed by atoms with Crippen LogP contribution in [0.3, 0.4) is 0 Å². The average Bonchev–Trinajstić information content (AvgIpc) is 2.85. The van der Waals surface area contributed by atoms with Gasteiger partial charge in [0, 0.05) is 0 Å². The molecule has 30 heavy (non-hydrogen) atoms. The summed E-state index contributed by atoms with van der Waals surface area (Å²) in [6, 6.07) is 43.5. The minimum absolute atomic E-state index is 0.907. The standard InChI is InChI=1S/C28H26BrP/c1-24(25-14-6-2-7-15-25)22-23-30(29,26-16-8-3-9-17-26,27-18-10-4-11-19-27)28-20-12-5-13-21-28/h2-22H,23H2,1H3/b24-22+. The molecule has 0 amide bonds. The van der Waals surface area contributed by atoms with Crippen LogP contribution in [0.1, 0.15) is 12.5 Å². The number of allylic oxidation sites excluding steroid dienone is 2. The third kappa shape index (κ3) is 3.69. The fraction of sp³-hybridized carbons (Fsp3) is 0.0714. The molecule has 0 radical (unpaired) electrons. The van der Waals surface area contributed by atoms with Crippen LogP contribution in [0.5, 0.6) is 0 Å². The Bertz CT molecular complexity index is 1020. The SMILES string of the molecule is C/C(=C\CP(Br)(c1ccccc1)(c1ccccc1)c1ccccc1)c1ccccc1. The van der Waals surface area contributed by atoms with Crippen molar-refractivity contribution in [2.45, 2.75) is 6.92 Å². The minimum atomic E-state index is -2.90. The van der Waals surface area contributed by atoms with Crippen LogP contribution >= 0.6 is 20.8 Å². The topological polar surface area (TPSA) is 0 Å². The molecule has 0 unspecified atom stereocenters. The summed E-state index contributed by atoms with van der Waals surface area (Å²) in [5, 5.41) is 1.14. The van der Waals surface area contributed by atoms with Crippen molar-refractivity contribution in [2.24, 2.45) is 0 Å². The van der Waals surface area contributed by atoms with Gasteiger partial charge < -0.3 is 0 Å². The van der Waals surface area contributed by atoms with Crippen LogP contribution in [0.25, 0.3) is 5.57 Å². The Morgan fingerprint density at radius 1 is 0.600 bits per heavy atom. The first kappa shape index (κ1) is 20.8. The van der Waals surface area contributed by atoms with Crippen molar-refractivity contribution in [3.05, 3.63) is 133 Å². The van der Waals surface area contributed by atoms with E-state index in [9.17, 15) is 0 Å². The molecule has 0 aliphatic rings. The van der Waals surface area contributed by atoms with E-state index in [1.165, 1.54) is 27.1 Å². The Labute approximate surface area is 188 Å². The molecule has 0 aromatic heterocycles. The first-order chi connectivity index (χ1) is 14.6. The second-order valence-corrected chi connectivity index (χ2v) is 16.6. The zero-order valence-electron chi connectivity index (χ0n) is 17.2. The zero-order chi connectivity index (χ0) is 20.9. The van der Waals surface area contributed by atoms with Crippen molar-refractivity contribution in [3.8, 4) is 0 Å². The third-order valence-electron chi connectivity index (χ3n) is 5.85. The Hall–Kier alpha value is -2.47. The fourth-order valence-corrected chi connectivity index (χ4v) is 11.2. The number of hydrogen-bond donors (Lipinski definition) is 0. The van der Waals surface area contributed by atoms with Crippen LogP contribution in [-0.2, 0) is 0 Å². The van der Waals surface area contributed by atoms with Gasteiger partial charge in [0.2, 0.25) is 0 Å². The van der Waals surface area contributed by atoms with Gasteiger partial charge in [-0.15, -0.1) is 0 Å². The maximum absolute atomic E-state index is 4.50. The summed E-state index contributed by atoms with van der Waals surface area (Å²) < 4.78 is 0. The van der Waals surface area contributed by atoms with Crippen LogP contribution < -0.4 is 15.9 Å². The summed E-state index contributed by atoms with van der Waals surface area (Å²) in [7, 11) is 0. The fourth-order valence-electron chi connectivity index (χ4n) is 4.11. The van der Waals surface area contributed by atoms with E-state index < -0.39 is 5.31 Å². The van der Waals surface area contributed by atoms with Gasteiger partial charge in [0.1, 0.15) is 0 Å². The maximum atomic E-state index is 4.50. The molecule has 0 saturated carbocycles. The van der Waals surface area contributed by atoms with E-state index in [1.54, 1.807) is 0 Å². The van der Waals surface area contributed by atoms with Gasteiger partial charge >= 0.3 is 188 Å². The van der Waals surface area contributed by atoms with Gasteiger partial charge in [-0.3, -0.25) is 0 Å². The normalized spacial score (nSPS) is 13.4. The van der Waals surface area contributed by atoms with Crippen LogP contribution in [0.4, 0.5) is 0 Å². The van der Waals surface area contributed by atoms with Gasteiger partial charge in [0.25, 0.3) is 0 Å². The van der Waals surface area contributed by atoms with Gasteiger partial charge in [0.15, 0.2) is 0 Å². The molecule has 0 heterocycles. The quantitative estimate of drug-likeness (QED) is 0.267. The molecule has 0 saturated heterocycles. The summed E-state index contributed by atoms with van der Waals surface area (Å²) in [5.41, 5.74) is 2.57. The molecule has 0 bridgehead atoms. The summed E-state index contributed by atoms with van der Waals surface area (Å²) in [5.74, 6) is 0. The predicted octanol–water partition coefficient (Wildman–Crippen LogP) is 6.93. The Morgan fingerprint density at radius 2 is 0.933 bits per heavy atom. The molecular weight excluding hydrogens is 447 g/mol. The second-order valence-electron chi connectivity index (χ2n) is 7.63. The van der Waals surface area contributed by atoms with Gasteiger partial charge in [-0.05, 0) is 0 Å². The first-order valence-electron chi connectivity index (χ1n) is 10.2. The van der Waals surface area contributed by atoms with E-state index in [4.69, 9.17) is 0 Å². The third-order valence-corrected chi connectivity index (χ3v) is 15.4. The van der Waals surface area contributed by atoms with Crippen molar-refractivity contribution in [1.82, 2.24) is 0 Å². The van der Waals surface area contributed by atoms with E-state index >= 15 is 0 Å². The van der Waals surface area contributed by atoms with E-state index in [0.717, 1.165) is 6.16 Å². The molecule has 0 N–H and O–H groups in total. The molecule has 2 heteroatoms. The Morgan fingerprint density at radius 3 is 1.30 bits per heavy atom. The van der Waals surface area contributed by atoms with Gasteiger partial charge in [-0.2, -0.15) is 0 Å². The molecule has 0 aliphatic heterocycles. The van der Waals surface area contributed by atoms with Gasteiger partial charge in [0.05, 0.1) is 0 Å². The number of benzene rings is 4. The predicted molar refractivity (Wildman–Crippen MR) is 139 cm³/mol. The molecule has 0 aliphatic carbocycles. The molecule has 0 spiro atoms. The summed E-state index contributed by atoms with van der Waals surface area (Å²) >= 11 is 4.50. The van der Waals surface area contributed by atoms with E-state index in [1.807, 2.05) is 0 Å². The zero-order valence-corrected chi connectivity index (χ0v) is 19.6. The van der Waals surface area contributed by atoms with E-state index in [-0.39, 0.29) is 0 Å².